The number of halogens is 2. The summed E-state index contributed by atoms with van der Waals surface area (Å²) in [7, 11) is 0. The van der Waals surface area contributed by atoms with Gasteiger partial charge >= 0.3 is 0 Å². The Morgan fingerprint density at radius 2 is 2.00 bits per heavy atom. The number of aryl methyl sites for hydroxylation is 1. The SMILES string of the molecule is Cc1ccccc1C(=O)Nc1ncc(Br)nc1Br. The monoisotopic (exact) mass is 369 g/mol. The van der Waals surface area contributed by atoms with Crippen LogP contribution in [0.1, 0.15) is 15.9 Å². The Kier molecular flexibility index (Phi) is 4.08. The van der Waals surface area contributed by atoms with Gasteiger partial charge in [0.2, 0.25) is 0 Å². The minimum absolute atomic E-state index is 0.203. The largest absolute Gasteiger partial charge is 0.304 e. The van der Waals surface area contributed by atoms with Crippen LogP contribution in [0, 0.1) is 6.92 Å². The van der Waals surface area contributed by atoms with E-state index in [1.54, 1.807) is 6.07 Å². The van der Waals surface area contributed by atoms with Crippen molar-refractivity contribution in [3.63, 3.8) is 0 Å². The highest BCUT2D eigenvalue weighted by molar-refractivity contribution is 9.11. The van der Waals surface area contributed by atoms with Crippen molar-refractivity contribution < 1.29 is 4.79 Å². The molecule has 0 fully saturated rings. The first-order valence-electron chi connectivity index (χ1n) is 5.13. The summed E-state index contributed by atoms with van der Waals surface area (Å²) in [6.45, 7) is 1.89. The van der Waals surface area contributed by atoms with Gasteiger partial charge in [-0.25, -0.2) is 9.97 Å². The average molecular weight is 371 g/mol. The molecule has 1 N–H and O–H groups in total. The van der Waals surface area contributed by atoms with E-state index in [2.05, 4.69) is 47.1 Å². The van der Waals surface area contributed by atoms with Gasteiger partial charge in [0.25, 0.3) is 5.91 Å². The fraction of sp³-hybridized carbons (Fsp3) is 0.0833. The molecule has 0 aliphatic heterocycles. The lowest BCUT2D eigenvalue weighted by molar-refractivity contribution is 0.102. The molecule has 1 amide bonds. The molecule has 92 valence electrons. The lowest BCUT2D eigenvalue weighted by Gasteiger charge is -2.07. The molecule has 2 rings (SSSR count). The number of nitrogens with one attached hydrogen (secondary N) is 1. The third-order valence-corrected chi connectivity index (χ3v) is 3.26. The minimum Gasteiger partial charge on any atom is -0.304 e. The molecule has 0 atom stereocenters. The van der Waals surface area contributed by atoms with Gasteiger partial charge in [0.15, 0.2) is 5.82 Å². The second kappa shape index (κ2) is 5.58. The summed E-state index contributed by atoms with van der Waals surface area (Å²) in [6.07, 6.45) is 1.53. The van der Waals surface area contributed by atoms with Crippen LogP contribution in [0.4, 0.5) is 5.82 Å². The van der Waals surface area contributed by atoms with E-state index in [1.807, 2.05) is 25.1 Å². The number of anilines is 1. The average Bonchev–Trinajstić information content (AvgIpc) is 2.33. The number of benzene rings is 1. The van der Waals surface area contributed by atoms with E-state index in [9.17, 15) is 4.79 Å². The zero-order valence-corrected chi connectivity index (χ0v) is 12.6. The summed E-state index contributed by atoms with van der Waals surface area (Å²) in [4.78, 5) is 20.2. The molecule has 18 heavy (non-hydrogen) atoms. The number of nitrogens with zero attached hydrogens (tertiary/aromatic N) is 2. The van der Waals surface area contributed by atoms with Crippen LogP contribution < -0.4 is 5.32 Å². The zero-order valence-electron chi connectivity index (χ0n) is 9.45. The molecular weight excluding hydrogens is 362 g/mol. The van der Waals surface area contributed by atoms with E-state index in [1.165, 1.54) is 6.20 Å². The molecule has 4 nitrogen and oxygen atoms in total. The van der Waals surface area contributed by atoms with Crippen molar-refractivity contribution in [2.75, 3.05) is 5.32 Å². The van der Waals surface area contributed by atoms with Crippen molar-refractivity contribution in [3.05, 3.63) is 50.8 Å². The topological polar surface area (TPSA) is 54.9 Å². The van der Waals surface area contributed by atoms with Gasteiger partial charge in [-0.2, -0.15) is 0 Å². The summed E-state index contributed by atoms with van der Waals surface area (Å²) >= 11 is 6.45. The van der Waals surface area contributed by atoms with E-state index in [0.29, 0.717) is 20.6 Å². The molecule has 6 heteroatoms. The maximum absolute atomic E-state index is 12.1. The molecule has 0 unspecified atom stereocenters. The van der Waals surface area contributed by atoms with Crippen molar-refractivity contribution in [2.24, 2.45) is 0 Å². The van der Waals surface area contributed by atoms with Crippen molar-refractivity contribution in [1.82, 2.24) is 9.97 Å². The molecule has 0 saturated heterocycles. The van der Waals surface area contributed by atoms with Crippen molar-refractivity contribution in [2.45, 2.75) is 6.92 Å². The van der Waals surface area contributed by atoms with E-state index in [0.717, 1.165) is 5.56 Å². The normalized spacial score (nSPS) is 10.2. The van der Waals surface area contributed by atoms with Gasteiger partial charge in [-0.05, 0) is 50.4 Å². The van der Waals surface area contributed by atoms with E-state index >= 15 is 0 Å². The molecule has 2 aromatic rings. The Labute approximate surface area is 121 Å². The standard InChI is InChI=1S/C12H9Br2N3O/c1-7-4-2-3-5-8(7)12(18)17-11-10(14)16-9(13)6-15-11/h2-6H,1H3,(H,15,17,18). The van der Waals surface area contributed by atoms with Crippen LogP contribution in [0.3, 0.4) is 0 Å². The van der Waals surface area contributed by atoms with E-state index in [-0.39, 0.29) is 5.91 Å². The van der Waals surface area contributed by atoms with Gasteiger partial charge in [-0.3, -0.25) is 4.79 Å². The van der Waals surface area contributed by atoms with Gasteiger partial charge in [0.1, 0.15) is 9.21 Å². The highest BCUT2D eigenvalue weighted by Gasteiger charge is 2.12. The molecule has 1 heterocycles. The molecule has 1 aromatic carbocycles. The highest BCUT2D eigenvalue weighted by atomic mass is 79.9. The third kappa shape index (κ3) is 2.94. The Balaban J connectivity index is 2.24. The fourth-order valence-corrected chi connectivity index (χ4v) is 2.34. The number of carbonyl (C=O) groups is 1. The van der Waals surface area contributed by atoms with Crippen molar-refractivity contribution in [1.29, 1.82) is 0 Å². The molecule has 0 aliphatic carbocycles. The molecule has 0 aliphatic rings. The summed E-state index contributed by atoms with van der Waals surface area (Å²) in [5.74, 6) is 0.192. The summed E-state index contributed by atoms with van der Waals surface area (Å²) in [5, 5.41) is 2.71. The lowest BCUT2D eigenvalue weighted by Crippen LogP contribution is -2.15. The van der Waals surface area contributed by atoms with E-state index < -0.39 is 0 Å². The summed E-state index contributed by atoms with van der Waals surface area (Å²) in [5.41, 5.74) is 1.53. The first-order valence-corrected chi connectivity index (χ1v) is 6.71. The van der Waals surface area contributed by atoms with E-state index in [4.69, 9.17) is 0 Å². The molecule has 0 bridgehead atoms. The van der Waals surface area contributed by atoms with Gasteiger partial charge < -0.3 is 5.32 Å². The minimum atomic E-state index is -0.203. The van der Waals surface area contributed by atoms with Crippen molar-refractivity contribution >= 4 is 43.6 Å². The molecule has 0 saturated carbocycles. The van der Waals surface area contributed by atoms with Crippen LogP contribution in [0.15, 0.2) is 39.7 Å². The number of hydrogen-bond donors (Lipinski definition) is 1. The number of aromatic nitrogens is 2. The van der Waals surface area contributed by atoms with Crippen LogP contribution in [-0.4, -0.2) is 15.9 Å². The lowest BCUT2D eigenvalue weighted by atomic mass is 10.1. The second-order valence-corrected chi connectivity index (χ2v) is 5.16. The quantitative estimate of drug-likeness (QED) is 0.879. The number of amides is 1. The maximum atomic E-state index is 12.1. The van der Waals surface area contributed by atoms with Crippen LogP contribution in [-0.2, 0) is 0 Å². The predicted octanol–water partition coefficient (Wildman–Crippen LogP) is 3.56. The molecular formula is C12H9Br2N3O. The van der Waals surface area contributed by atoms with Crippen LogP contribution in [0.2, 0.25) is 0 Å². The fourth-order valence-electron chi connectivity index (χ4n) is 1.43. The van der Waals surface area contributed by atoms with Gasteiger partial charge in [-0.15, -0.1) is 0 Å². The Bertz CT molecular complexity index is 602. The summed E-state index contributed by atoms with van der Waals surface area (Å²) in [6, 6.07) is 7.37. The second-order valence-electron chi connectivity index (χ2n) is 3.60. The predicted molar refractivity (Wildman–Crippen MR) is 76.6 cm³/mol. The van der Waals surface area contributed by atoms with Gasteiger partial charge in [-0.1, -0.05) is 18.2 Å². The number of hydrogen-bond acceptors (Lipinski definition) is 3. The van der Waals surface area contributed by atoms with Crippen LogP contribution >= 0.6 is 31.9 Å². The Morgan fingerprint density at radius 1 is 1.28 bits per heavy atom. The van der Waals surface area contributed by atoms with Crippen molar-refractivity contribution in [3.8, 4) is 0 Å². The van der Waals surface area contributed by atoms with Crippen LogP contribution in [0.25, 0.3) is 0 Å². The zero-order chi connectivity index (χ0) is 13.1. The third-order valence-electron chi connectivity index (χ3n) is 2.32. The number of carbonyl (C=O) groups excluding carboxylic acids is 1. The van der Waals surface area contributed by atoms with Gasteiger partial charge in [0.05, 0.1) is 6.20 Å². The first kappa shape index (κ1) is 13.2. The number of rotatable bonds is 2. The Morgan fingerprint density at radius 3 is 2.67 bits per heavy atom. The molecule has 0 spiro atoms. The van der Waals surface area contributed by atoms with Crippen LogP contribution in [0.5, 0.6) is 0 Å². The molecule has 0 radical (unpaired) electrons. The Hall–Kier alpha value is -1.27. The summed E-state index contributed by atoms with van der Waals surface area (Å²) < 4.78 is 1.09. The first-order chi connectivity index (χ1) is 8.58. The smallest absolute Gasteiger partial charge is 0.257 e. The molecule has 1 aromatic heterocycles. The highest BCUT2D eigenvalue weighted by Crippen LogP contribution is 2.20. The van der Waals surface area contributed by atoms with Gasteiger partial charge in [0, 0.05) is 5.56 Å². The maximum Gasteiger partial charge on any atom is 0.257 e.